The van der Waals surface area contributed by atoms with E-state index in [2.05, 4.69) is 4.98 Å². The van der Waals surface area contributed by atoms with Crippen LogP contribution in [0.3, 0.4) is 0 Å². The van der Waals surface area contributed by atoms with Crippen LogP contribution in [0.5, 0.6) is 0 Å². The zero-order chi connectivity index (χ0) is 19.0. The molecular weight excluding hydrogens is 336 g/mol. The number of nitrogens with zero attached hydrogens (tertiary/aromatic N) is 1. The topological polar surface area (TPSA) is 96.5 Å². The summed E-state index contributed by atoms with van der Waals surface area (Å²) in [5.41, 5.74) is 2.02. The fraction of sp³-hybridized carbons (Fsp3) is 0.263. The Bertz CT molecular complexity index is 906. The molecule has 2 amide bonds. The van der Waals surface area contributed by atoms with E-state index < -0.39 is 23.6 Å². The lowest BCUT2D eigenvalue weighted by molar-refractivity contribution is 0.0518. The molecule has 3 rings (SSSR count). The molecule has 7 nitrogen and oxygen atoms in total. The highest BCUT2D eigenvalue weighted by molar-refractivity contribution is 6.23. The number of nitrogens with one attached hydrogen (secondary N) is 1. The number of fused-ring (bicyclic) bond motifs is 1. The van der Waals surface area contributed by atoms with Crippen LogP contribution in [0.4, 0.5) is 0 Å². The van der Waals surface area contributed by atoms with Crippen LogP contribution in [0.2, 0.25) is 0 Å². The normalized spacial score (nSPS) is 13.1. The molecule has 1 aromatic heterocycles. The number of H-pyrrole nitrogens is 1. The molecule has 0 radical (unpaired) electrons. The third-order valence-corrected chi connectivity index (χ3v) is 4.38. The number of ketones is 1. The van der Waals surface area contributed by atoms with Gasteiger partial charge in [0.25, 0.3) is 11.8 Å². The van der Waals surface area contributed by atoms with Crippen molar-refractivity contribution < 1.29 is 23.9 Å². The number of carbonyl (C=O) groups excluding carboxylic acids is 4. The van der Waals surface area contributed by atoms with Crippen LogP contribution in [-0.2, 0) is 4.74 Å². The zero-order valence-electron chi connectivity index (χ0n) is 14.7. The van der Waals surface area contributed by atoms with Crippen LogP contribution in [0.25, 0.3) is 0 Å². The number of aryl methyl sites for hydroxylation is 1. The highest BCUT2D eigenvalue weighted by Crippen LogP contribution is 2.24. The van der Waals surface area contributed by atoms with Crippen LogP contribution in [0.15, 0.2) is 24.3 Å². The molecular formula is C19H18N2O5. The highest BCUT2D eigenvalue weighted by atomic mass is 16.5. The standard InChI is InChI=1S/C19H18N2O5/c1-4-26-19(25)16-10(2)15(11(3)20-16)14(22)9-21-17(23)12-7-5-6-8-13(12)18(21)24/h5-8,20H,4,9H2,1-3H3. The van der Waals surface area contributed by atoms with Crippen molar-refractivity contribution in [2.45, 2.75) is 20.8 Å². The zero-order valence-corrected chi connectivity index (χ0v) is 14.7. The molecule has 0 spiro atoms. The van der Waals surface area contributed by atoms with Crippen LogP contribution in [-0.4, -0.2) is 46.6 Å². The molecule has 2 aromatic rings. The molecule has 2 heterocycles. The Morgan fingerprint density at radius 1 is 1.08 bits per heavy atom. The van der Waals surface area contributed by atoms with Gasteiger partial charge in [0.05, 0.1) is 24.3 Å². The molecule has 7 heteroatoms. The summed E-state index contributed by atoms with van der Waals surface area (Å²) < 4.78 is 4.97. The maximum absolute atomic E-state index is 12.8. The first kappa shape index (κ1) is 17.6. The van der Waals surface area contributed by atoms with Crippen molar-refractivity contribution in [1.82, 2.24) is 9.88 Å². The maximum Gasteiger partial charge on any atom is 0.355 e. The molecule has 0 aliphatic carbocycles. The van der Waals surface area contributed by atoms with E-state index in [1.165, 1.54) is 0 Å². The summed E-state index contributed by atoms with van der Waals surface area (Å²) in [6.45, 7) is 4.82. The van der Waals surface area contributed by atoms with Gasteiger partial charge in [-0.15, -0.1) is 0 Å². The third-order valence-electron chi connectivity index (χ3n) is 4.38. The van der Waals surface area contributed by atoms with Crippen molar-refractivity contribution in [3.8, 4) is 0 Å². The second-order valence-electron chi connectivity index (χ2n) is 6.01. The Kier molecular flexibility index (Phi) is 4.46. The molecule has 1 aliphatic rings. The summed E-state index contributed by atoms with van der Waals surface area (Å²) in [6.07, 6.45) is 0. The number of hydrogen-bond donors (Lipinski definition) is 1. The summed E-state index contributed by atoms with van der Waals surface area (Å²) in [5, 5.41) is 0. The van der Waals surface area contributed by atoms with E-state index in [9.17, 15) is 19.2 Å². The van der Waals surface area contributed by atoms with Gasteiger partial charge in [-0.2, -0.15) is 0 Å². The Labute approximate surface area is 149 Å². The second kappa shape index (κ2) is 6.59. The Hall–Kier alpha value is -3.22. The minimum Gasteiger partial charge on any atom is -0.461 e. The quantitative estimate of drug-likeness (QED) is 0.505. The van der Waals surface area contributed by atoms with E-state index >= 15 is 0 Å². The molecule has 0 atom stereocenters. The van der Waals surface area contributed by atoms with E-state index in [1.54, 1.807) is 45.0 Å². The largest absolute Gasteiger partial charge is 0.461 e. The fourth-order valence-corrected chi connectivity index (χ4v) is 3.18. The van der Waals surface area contributed by atoms with Gasteiger partial charge in [-0.1, -0.05) is 12.1 Å². The summed E-state index contributed by atoms with van der Waals surface area (Å²) in [6, 6.07) is 6.46. The molecule has 1 N–H and O–H groups in total. The molecule has 0 fully saturated rings. The van der Waals surface area contributed by atoms with E-state index in [-0.39, 0.29) is 18.8 Å². The van der Waals surface area contributed by atoms with Crippen molar-refractivity contribution in [2.24, 2.45) is 0 Å². The average Bonchev–Trinajstić information content (AvgIpc) is 3.04. The van der Waals surface area contributed by atoms with E-state index in [0.717, 1.165) is 4.90 Å². The van der Waals surface area contributed by atoms with Gasteiger partial charge < -0.3 is 9.72 Å². The fourth-order valence-electron chi connectivity index (χ4n) is 3.18. The summed E-state index contributed by atoms with van der Waals surface area (Å²) in [4.78, 5) is 53.3. The number of aromatic amines is 1. The second-order valence-corrected chi connectivity index (χ2v) is 6.01. The van der Waals surface area contributed by atoms with Crippen LogP contribution in [0.1, 0.15) is 59.7 Å². The molecule has 26 heavy (non-hydrogen) atoms. The number of rotatable bonds is 5. The van der Waals surface area contributed by atoms with Crippen molar-refractivity contribution in [3.63, 3.8) is 0 Å². The molecule has 0 unspecified atom stereocenters. The SMILES string of the molecule is CCOC(=O)c1[nH]c(C)c(C(=O)CN2C(=O)c3ccccc3C2=O)c1C. The number of ether oxygens (including phenoxy) is 1. The molecule has 0 saturated carbocycles. The number of benzene rings is 1. The molecule has 134 valence electrons. The van der Waals surface area contributed by atoms with E-state index in [4.69, 9.17) is 4.74 Å². The minimum atomic E-state index is -0.548. The van der Waals surface area contributed by atoms with E-state index in [0.29, 0.717) is 27.9 Å². The average molecular weight is 354 g/mol. The first-order valence-corrected chi connectivity index (χ1v) is 8.21. The Morgan fingerprint density at radius 2 is 1.65 bits per heavy atom. The number of esters is 1. The number of aromatic nitrogens is 1. The first-order valence-electron chi connectivity index (χ1n) is 8.21. The summed E-state index contributed by atoms with van der Waals surface area (Å²) in [5.74, 6) is -1.94. The maximum atomic E-state index is 12.8. The number of amides is 2. The van der Waals surface area contributed by atoms with Gasteiger partial charge in [-0.05, 0) is 38.5 Å². The van der Waals surface area contributed by atoms with Crippen molar-refractivity contribution in [1.29, 1.82) is 0 Å². The molecule has 0 bridgehead atoms. The number of imide groups is 1. The van der Waals surface area contributed by atoms with Gasteiger partial charge in [0.15, 0.2) is 5.78 Å². The summed E-state index contributed by atoms with van der Waals surface area (Å²) in [7, 11) is 0. The van der Waals surface area contributed by atoms with Gasteiger partial charge in [0.1, 0.15) is 5.69 Å². The van der Waals surface area contributed by atoms with Crippen molar-refractivity contribution >= 4 is 23.6 Å². The van der Waals surface area contributed by atoms with Crippen molar-refractivity contribution in [3.05, 3.63) is 57.9 Å². The van der Waals surface area contributed by atoms with Crippen LogP contribution >= 0.6 is 0 Å². The number of carbonyl (C=O) groups is 4. The molecule has 1 aliphatic heterocycles. The third kappa shape index (κ3) is 2.71. The van der Waals surface area contributed by atoms with Gasteiger partial charge in [-0.25, -0.2) is 4.79 Å². The summed E-state index contributed by atoms with van der Waals surface area (Å²) >= 11 is 0. The monoisotopic (exact) mass is 354 g/mol. The van der Waals surface area contributed by atoms with Gasteiger partial charge in [-0.3, -0.25) is 19.3 Å². The first-order chi connectivity index (χ1) is 12.4. The molecule has 0 saturated heterocycles. The Morgan fingerprint density at radius 3 is 2.19 bits per heavy atom. The lowest BCUT2D eigenvalue weighted by atomic mass is 10.1. The highest BCUT2D eigenvalue weighted by Gasteiger charge is 2.37. The van der Waals surface area contributed by atoms with Gasteiger partial charge in [0.2, 0.25) is 0 Å². The van der Waals surface area contributed by atoms with Crippen LogP contribution in [0, 0.1) is 13.8 Å². The lowest BCUT2D eigenvalue weighted by Crippen LogP contribution is -2.35. The van der Waals surface area contributed by atoms with Crippen molar-refractivity contribution in [2.75, 3.05) is 13.2 Å². The minimum absolute atomic E-state index is 0.204. The van der Waals surface area contributed by atoms with Gasteiger partial charge >= 0.3 is 5.97 Å². The smallest absolute Gasteiger partial charge is 0.355 e. The predicted octanol–water partition coefficient (Wildman–Crippen LogP) is 2.29. The molecule has 1 aromatic carbocycles. The number of hydrogen-bond acceptors (Lipinski definition) is 5. The Balaban J connectivity index is 1.87. The van der Waals surface area contributed by atoms with Crippen LogP contribution < -0.4 is 0 Å². The predicted molar refractivity (Wildman–Crippen MR) is 92.4 cm³/mol. The lowest BCUT2D eigenvalue weighted by Gasteiger charge is -2.13. The number of Topliss-reactive ketones (excluding diaryl/α,β-unsaturated/α-hetero) is 1. The van der Waals surface area contributed by atoms with Gasteiger partial charge in [0, 0.05) is 11.3 Å². The van der Waals surface area contributed by atoms with E-state index in [1.807, 2.05) is 0 Å².